The molecule has 6 heteroatoms. The number of nitrogens with one attached hydrogen (secondary N) is 1. The van der Waals surface area contributed by atoms with Crippen molar-refractivity contribution >= 4 is 18.2 Å². The second-order valence-corrected chi connectivity index (χ2v) is 2.44. The summed E-state index contributed by atoms with van der Waals surface area (Å²) in [5.41, 5.74) is 2.67. The van der Waals surface area contributed by atoms with Crippen molar-refractivity contribution in [2.24, 2.45) is 5.10 Å². The predicted molar refractivity (Wildman–Crippen MR) is 54.4 cm³/mol. The highest BCUT2D eigenvalue weighted by Gasteiger charge is 2.00. The fourth-order valence-electron chi connectivity index (χ4n) is 0.555. The Kier molecular flexibility index (Phi) is 7.29. The van der Waals surface area contributed by atoms with Crippen molar-refractivity contribution in [2.75, 3.05) is 0 Å². The summed E-state index contributed by atoms with van der Waals surface area (Å²) in [6.45, 7) is 0. The molecule has 0 aromatic heterocycles. The third-order valence-corrected chi connectivity index (χ3v) is 1.18. The molecule has 0 aliphatic carbocycles. The van der Waals surface area contributed by atoms with Gasteiger partial charge in [0.1, 0.15) is 0 Å². The summed E-state index contributed by atoms with van der Waals surface area (Å²) in [5.74, 6) is -2.15. The normalized spacial score (nSPS) is 12.0. The quantitative estimate of drug-likeness (QED) is 0.635. The van der Waals surface area contributed by atoms with E-state index in [0.717, 1.165) is 0 Å². The fourth-order valence-corrected chi connectivity index (χ4v) is 0.555. The van der Waals surface area contributed by atoms with E-state index in [9.17, 15) is 9.59 Å². The lowest BCUT2D eigenvalue weighted by Gasteiger charge is -1.85. The lowest BCUT2D eigenvalue weighted by atomic mass is 10.3. The van der Waals surface area contributed by atoms with Crippen LogP contribution >= 0.6 is 0 Å². The molecule has 1 heterocycles. The topological polar surface area (TPSA) is 99.0 Å². The van der Waals surface area contributed by atoms with Crippen LogP contribution in [0.15, 0.2) is 29.5 Å². The van der Waals surface area contributed by atoms with Crippen LogP contribution in [0, 0.1) is 0 Å². The molecule has 82 valence electrons. The first kappa shape index (κ1) is 12.9. The lowest BCUT2D eigenvalue weighted by molar-refractivity contribution is -0.143. The molecule has 0 spiro atoms. The number of carboxylic acid groups (broad SMARTS) is 2. The maximum Gasteiger partial charge on any atom is 0.303 e. The first-order valence-corrected chi connectivity index (χ1v) is 4.17. The van der Waals surface area contributed by atoms with Crippen LogP contribution in [0.1, 0.15) is 12.8 Å². The van der Waals surface area contributed by atoms with Crippen LogP contribution in [0.3, 0.4) is 0 Å². The first-order chi connectivity index (χ1) is 7.13. The molecule has 0 aromatic carbocycles. The van der Waals surface area contributed by atoms with Crippen LogP contribution in [0.2, 0.25) is 0 Å². The van der Waals surface area contributed by atoms with E-state index >= 15 is 0 Å². The second kappa shape index (κ2) is 8.49. The van der Waals surface area contributed by atoms with E-state index < -0.39 is 11.9 Å². The van der Waals surface area contributed by atoms with E-state index in [-0.39, 0.29) is 12.8 Å². The Labute approximate surface area is 86.6 Å². The highest BCUT2D eigenvalue weighted by atomic mass is 16.4. The SMILES string of the molecule is C1=CC=NNC=C1.O=C(O)CCC(=O)O. The lowest BCUT2D eigenvalue weighted by Crippen LogP contribution is -2.00. The number of nitrogens with zero attached hydrogens (tertiary/aromatic N) is 1. The molecule has 1 aliphatic rings. The van der Waals surface area contributed by atoms with Crippen LogP contribution in [0.5, 0.6) is 0 Å². The molecule has 0 saturated carbocycles. The molecule has 3 N–H and O–H groups in total. The Balaban J connectivity index is 0.000000262. The van der Waals surface area contributed by atoms with Gasteiger partial charge in [0.15, 0.2) is 0 Å². The van der Waals surface area contributed by atoms with E-state index in [0.29, 0.717) is 0 Å². The van der Waals surface area contributed by atoms with Gasteiger partial charge >= 0.3 is 11.9 Å². The molecule has 0 amide bonds. The van der Waals surface area contributed by atoms with Crippen LogP contribution in [-0.2, 0) is 9.59 Å². The van der Waals surface area contributed by atoms with Gasteiger partial charge in [0, 0.05) is 12.4 Å². The molecule has 0 radical (unpaired) electrons. The van der Waals surface area contributed by atoms with Crippen LogP contribution < -0.4 is 5.43 Å². The minimum absolute atomic E-state index is 0.296. The molecule has 0 aromatic rings. The molecule has 0 bridgehead atoms. The van der Waals surface area contributed by atoms with Gasteiger partial charge in [-0.1, -0.05) is 6.08 Å². The Morgan fingerprint density at radius 3 is 2.20 bits per heavy atom. The number of hydrogen-bond donors (Lipinski definition) is 3. The van der Waals surface area contributed by atoms with Gasteiger partial charge in [0.2, 0.25) is 0 Å². The maximum absolute atomic E-state index is 9.64. The number of hydrazone groups is 1. The predicted octanol–water partition coefficient (Wildman–Crippen LogP) is 0.581. The summed E-state index contributed by atoms with van der Waals surface area (Å²) < 4.78 is 0. The second-order valence-electron chi connectivity index (χ2n) is 2.44. The van der Waals surface area contributed by atoms with Gasteiger partial charge in [-0.15, -0.1) is 0 Å². The number of carboxylic acids is 2. The molecule has 6 nitrogen and oxygen atoms in total. The Bertz CT molecular complexity index is 266. The van der Waals surface area contributed by atoms with Crippen molar-refractivity contribution in [2.45, 2.75) is 12.8 Å². The summed E-state index contributed by atoms with van der Waals surface area (Å²) >= 11 is 0. The van der Waals surface area contributed by atoms with Crippen molar-refractivity contribution in [3.05, 3.63) is 24.4 Å². The van der Waals surface area contributed by atoms with Crippen molar-refractivity contribution in [1.29, 1.82) is 0 Å². The van der Waals surface area contributed by atoms with Gasteiger partial charge in [0.25, 0.3) is 0 Å². The van der Waals surface area contributed by atoms with E-state index in [2.05, 4.69) is 10.5 Å². The summed E-state index contributed by atoms with van der Waals surface area (Å²) in [7, 11) is 0. The average Bonchev–Trinajstić information content (AvgIpc) is 2.47. The molecular weight excluding hydrogens is 200 g/mol. The highest BCUT2D eigenvalue weighted by Crippen LogP contribution is 1.86. The smallest absolute Gasteiger partial charge is 0.303 e. The van der Waals surface area contributed by atoms with Gasteiger partial charge in [-0.25, -0.2) is 0 Å². The van der Waals surface area contributed by atoms with Crippen LogP contribution in [0.25, 0.3) is 0 Å². The Hall–Kier alpha value is -2.11. The van der Waals surface area contributed by atoms with E-state index in [1.165, 1.54) is 0 Å². The molecule has 15 heavy (non-hydrogen) atoms. The summed E-state index contributed by atoms with van der Waals surface area (Å²) in [6.07, 6.45) is 8.51. The first-order valence-electron chi connectivity index (χ1n) is 4.17. The maximum atomic E-state index is 9.64. The van der Waals surface area contributed by atoms with Gasteiger partial charge in [0.05, 0.1) is 12.8 Å². The molecular formula is C9H12N2O4. The minimum Gasteiger partial charge on any atom is -0.481 e. The number of rotatable bonds is 3. The number of aliphatic carboxylic acids is 2. The van der Waals surface area contributed by atoms with Gasteiger partial charge in [-0.05, 0) is 12.2 Å². The molecule has 0 atom stereocenters. The van der Waals surface area contributed by atoms with Crippen molar-refractivity contribution < 1.29 is 19.8 Å². The van der Waals surface area contributed by atoms with Gasteiger partial charge in [-0.2, -0.15) is 5.10 Å². The largest absolute Gasteiger partial charge is 0.481 e. The molecule has 1 aliphatic heterocycles. The zero-order valence-electron chi connectivity index (χ0n) is 7.96. The Morgan fingerprint density at radius 2 is 1.67 bits per heavy atom. The number of allylic oxidation sites excluding steroid dienone is 3. The van der Waals surface area contributed by atoms with E-state index in [1.54, 1.807) is 12.4 Å². The summed E-state index contributed by atoms with van der Waals surface area (Å²) in [4.78, 5) is 19.3. The average molecular weight is 212 g/mol. The summed E-state index contributed by atoms with van der Waals surface area (Å²) in [5, 5.41) is 19.5. The van der Waals surface area contributed by atoms with Crippen molar-refractivity contribution in [3.8, 4) is 0 Å². The number of carbonyl (C=O) groups is 2. The van der Waals surface area contributed by atoms with E-state index in [1.807, 2.05) is 18.2 Å². The molecule has 1 rings (SSSR count). The molecule has 0 saturated heterocycles. The molecule has 0 fully saturated rings. The fraction of sp³-hybridized carbons (Fsp3) is 0.222. The van der Waals surface area contributed by atoms with Crippen LogP contribution in [0.4, 0.5) is 0 Å². The van der Waals surface area contributed by atoms with Crippen molar-refractivity contribution in [3.63, 3.8) is 0 Å². The minimum atomic E-state index is -1.08. The zero-order chi connectivity index (χ0) is 11.5. The molecule has 0 unspecified atom stereocenters. The third kappa shape index (κ3) is 11.9. The summed E-state index contributed by atoms with van der Waals surface area (Å²) in [6, 6.07) is 0. The van der Waals surface area contributed by atoms with Crippen LogP contribution in [-0.4, -0.2) is 28.4 Å². The monoisotopic (exact) mass is 212 g/mol. The van der Waals surface area contributed by atoms with E-state index in [4.69, 9.17) is 10.2 Å². The van der Waals surface area contributed by atoms with Gasteiger partial charge in [-0.3, -0.25) is 15.0 Å². The highest BCUT2D eigenvalue weighted by molar-refractivity contribution is 5.75. The van der Waals surface area contributed by atoms with Crippen molar-refractivity contribution in [1.82, 2.24) is 5.43 Å². The standard InChI is InChI=1S/C5H6N2.C4H6O4/c1-2-4-6-7-5-3-1;5-3(6)1-2-4(7)8/h1-6H;1-2H2,(H,5,6)(H,7,8). The Morgan fingerprint density at radius 1 is 1.07 bits per heavy atom. The van der Waals surface area contributed by atoms with Gasteiger partial charge < -0.3 is 10.2 Å². The number of hydrogen-bond acceptors (Lipinski definition) is 4. The zero-order valence-corrected chi connectivity index (χ0v) is 7.96. The third-order valence-electron chi connectivity index (χ3n) is 1.18.